The Hall–Kier alpha value is -2.27. The van der Waals surface area contributed by atoms with E-state index in [1.165, 1.54) is 0 Å². The maximum atomic E-state index is 5.64. The molecule has 5 heteroatoms. The first-order chi connectivity index (χ1) is 8.90. The van der Waals surface area contributed by atoms with E-state index in [4.69, 9.17) is 5.73 Å². The highest BCUT2D eigenvalue weighted by molar-refractivity contribution is 5.63. The van der Waals surface area contributed by atoms with E-state index < -0.39 is 0 Å². The quantitative estimate of drug-likeness (QED) is 0.747. The van der Waals surface area contributed by atoms with E-state index in [-0.39, 0.29) is 0 Å². The molecule has 0 amide bonds. The molecule has 0 unspecified atom stereocenters. The van der Waals surface area contributed by atoms with Gasteiger partial charge in [-0.25, -0.2) is 9.50 Å². The molecule has 90 valence electrons. The molecule has 0 aliphatic carbocycles. The van der Waals surface area contributed by atoms with Gasteiger partial charge in [0.15, 0.2) is 5.65 Å². The van der Waals surface area contributed by atoms with Gasteiger partial charge >= 0.3 is 0 Å². The van der Waals surface area contributed by atoms with Crippen molar-refractivity contribution in [1.82, 2.24) is 19.6 Å². The van der Waals surface area contributed by atoms with Gasteiger partial charge in [-0.05, 0) is 30.8 Å². The van der Waals surface area contributed by atoms with Crippen molar-refractivity contribution >= 4 is 5.65 Å². The van der Waals surface area contributed by atoms with Crippen LogP contribution in [0.25, 0.3) is 17.0 Å². The third-order valence-electron chi connectivity index (χ3n) is 2.75. The highest BCUT2D eigenvalue weighted by atomic mass is 15.3. The van der Waals surface area contributed by atoms with Crippen LogP contribution in [-0.2, 0) is 6.42 Å². The predicted molar refractivity (Wildman–Crippen MR) is 69.0 cm³/mol. The smallest absolute Gasteiger partial charge is 0.154 e. The van der Waals surface area contributed by atoms with Crippen molar-refractivity contribution in [3.8, 4) is 11.4 Å². The van der Waals surface area contributed by atoms with E-state index in [9.17, 15) is 0 Å². The van der Waals surface area contributed by atoms with Gasteiger partial charge in [0.05, 0.1) is 11.4 Å². The van der Waals surface area contributed by atoms with Crippen molar-refractivity contribution in [2.24, 2.45) is 5.73 Å². The second-order valence-corrected chi connectivity index (χ2v) is 3.95. The number of aromatic nitrogens is 4. The molecule has 0 radical (unpaired) electrons. The van der Waals surface area contributed by atoms with Gasteiger partial charge < -0.3 is 5.73 Å². The Kier molecular flexibility index (Phi) is 2.74. The number of nitrogens with zero attached hydrogens (tertiary/aromatic N) is 4. The second-order valence-electron chi connectivity index (χ2n) is 3.95. The first-order valence-electron chi connectivity index (χ1n) is 5.84. The van der Waals surface area contributed by atoms with Gasteiger partial charge in [0.1, 0.15) is 5.69 Å². The number of imidazole rings is 1. The van der Waals surface area contributed by atoms with Crippen molar-refractivity contribution in [3.05, 3.63) is 48.4 Å². The Morgan fingerprint density at radius 2 is 2.06 bits per heavy atom. The Bertz CT molecular complexity index is 659. The fourth-order valence-electron chi connectivity index (χ4n) is 2.00. The van der Waals surface area contributed by atoms with Crippen LogP contribution in [0.15, 0.2) is 42.7 Å². The highest BCUT2D eigenvalue weighted by Gasteiger charge is 2.14. The van der Waals surface area contributed by atoms with Gasteiger partial charge in [0.2, 0.25) is 0 Å². The maximum absolute atomic E-state index is 5.64. The van der Waals surface area contributed by atoms with Crippen molar-refractivity contribution < 1.29 is 0 Å². The van der Waals surface area contributed by atoms with Crippen LogP contribution in [0, 0.1) is 0 Å². The topological polar surface area (TPSA) is 69.1 Å². The zero-order chi connectivity index (χ0) is 12.4. The van der Waals surface area contributed by atoms with Crippen LogP contribution in [-0.4, -0.2) is 26.1 Å². The van der Waals surface area contributed by atoms with Crippen LogP contribution in [0.2, 0.25) is 0 Å². The molecule has 3 aromatic heterocycles. The summed E-state index contributed by atoms with van der Waals surface area (Å²) in [7, 11) is 0. The number of rotatable bonds is 3. The molecule has 0 spiro atoms. The molecule has 5 nitrogen and oxygen atoms in total. The summed E-state index contributed by atoms with van der Waals surface area (Å²) in [5.41, 5.74) is 9.20. The highest BCUT2D eigenvalue weighted by Crippen LogP contribution is 2.22. The first kappa shape index (κ1) is 10.9. The number of hydrogen-bond acceptors (Lipinski definition) is 4. The van der Waals surface area contributed by atoms with Gasteiger partial charge in [-0.1, -0.05) is 6.07 Å². The second kappa shape index (κ2) is 4.54. The van der Waals surface area contributed by atoms with Crippen molar-refractivity contribution in [1.29, 1.82) is 0 Å². The number of fused-ring (bicyclic) bond motifs is 1. The minimum atomic E-state index is 0.559. The summed E-state index contributed by atoms with van der Waals surface area (Å²) < 4.78 is 1.81. The lowest BCUT2D eigenvalue weighted by molar-refractivity contribution is 0.917. The van der Waals surface area contributed by atoms with E-state index >= 15 is 0 Å². The summed E-state index contributed by atoms with van der Waals surface area (Å²) in [4.78, 5) is 8.93. The summed E-state index contributed by atoms with van der Waals surface area (Å²) in [6.45, 7) is 0.559. The molecule has 0 saturated carbocycles. The van der Waals surface area contributed by atoms with Gasteiger partial charge in [-0.2, -0.15) is 5.10 Å². The fourth-order valence-corrected chi connectivity index (χ4v) is 2.00. The van der Waals surface area contributed by atoms with Crippen molar-refractivity contribution in [2.45, 2.75) is 6.42 Å². The van der Waals surface area contributed by atoms with Crippen molar-refractivity contribution in [3.63, 3.8) is 0 Å². The average Bonchev–Trinajstić information content (AvgIpc) is 2.78. The molecule has 0 aromatic carbocycles. The fraction of sp³-hybridized carbons (Fsp3) is 0.154. The number of pyridine rings is 1. The summed E-state index contributed by atoms with van der Waals surface area (Å²) in [6.07, 6.45) is 4.23. The molecule has 0 aliphatic rings. The van der Waals surface area contributed by atoms with Gasteiger partial charge in [0.25, 0.3) is 0 Å². The summed E-state index contributed by atoms with van der Waals surface area (Å²) in [5.74, 6) is 0. The van der Waals surface area contributed by atoms with Crippen LogP contribution in [0.5, 0.6) is 0 Å². The lowest BCUT2D eigenvalue weighted by Crippen LogP contribution is -2.05. The molecule has 0 aliphatic heterocycles. The van der Waals surface area contributed by atoms with Gasteiger partial charge in [-0.3, -0.25) is 4.98 Å². The molecule has 3 aromatic rings. The molecule has 3 heterocycles. The predicted octanol–water partition coefficient (Wildman–Crippen LogP) is 1.29. The van der Waals surface area contributed by atoms with Gasteiger partial charge in [0, 0.05) is 18.8 Å². The van der Waals surface area contributed by atoms with Crippen LogP contribution < -0.4 is 5.73 Å². The lowest BCUT2D eigenvalue weighted by Gasteiger charge is -2.02. The first-order valence-corrected chi connectivity index (χ1v) is 5.84. The van der Waals surface area contributed by atoms with E-state index in [0.29, 0.717) is 6.54 Å². The van der Waals surface area contributed by atoms with E-state index in [2.05, 4.69) is 15.1 Å². The molecule has 2 N–H and O–H groups in total. The molecule has 18 heavy (non-hydrogen) atoms. The van der Waals surface area contributed by atoms with Crippen LogP contribution in [0.4, 0.5) is 0 Å². The zero-order valence-corrected chi connectivity index (χ0v) is 9.82. The molecule has 0 saturated heterocycles. The largest absolute Gasteiger partial charge is 0.330 e. The minimum absolute atomic E-state index is 0.559. The zero-order valence-electron chi connectivity index (χ0n) is 9.82. The Balaban J connectivity index is 2.28. The summed E-state index contributed by atoms with van der Waals surface area (Å²) in [6, 6.07) is 9.61. The van der Waals surface area contributed by atoms with E-state index in [1.807, 2.05) is 34.8 Å². The molecule has 3 rings (SSSR count). The van der Waals surface area contributed by atoms with E-state index in [1.54, 1.807) is 12.4 Å². The summed E-state index contributed by atoms with van der Waals surface area (Å²) in [5, 5.41) is 4.33. The van der Waals surface area contributed by atoms with Crippen molar-refractivity contribution in [2.75, 3.05) is 6.54 Å². The molecule has 0 bridgehead atoms. The normalized spacial score (nSPS) is 10.9. The average molecular weight is 239 g/mol. The van der Waals surface area contributed by atoms with E-state index in [0.717, 1.165) is 29.1 Å². The third-order valence-corrected chi connectivity index (χ3v) is 2.75. The Morgan fingerprint density at radius 1 is 1.11 bits per heavy atom. The molecule has 0 fully saturated rings. The minimum Gasteiger partial charge on any atom is -0.330 e. The van der Waals surface area contributed by atoms with Crippen LogP contribution in [0.1, 0.15) is 5.69 Å². The Labute approximate surface area is 104 Å². The lowest BCUT2D eigenvalue weighted by atomic mass is 10.2. The summed E-state index contributed by atoms with van der Waals surface area (Å²) >= 11 is 0. The molecular weight excluding hydrogens is 226 g/mol. The number of nitrogens with two attached hydrogens (primary N) is 1. The third kappa shape index (κ3) is 1.74. The van der Waals surface area contributed by atoms with Crippen LogP contribution in [0.3, 0.4) is 0 Å². The molecule has 0 atom stereocenters. The number of hydrogen-bond donors (Lipinski definition) is 1. The van der Waals surface area contributed by atoms with Crippen LogP contribution >= 0.6 is 0 Å². The monoisotopic (exact) mass is 239 g/mol. The molecular formula is C13H13N5. The maximum Gasteiger partial charge on any atom is 0.154 e. The standard InChI is InChI=1S/C13H13N5/c14-7-6-11-13(10-4-1-2-8-15-10)18-12(17-11)5-3-9-16-18/h1-5,8-9H,6-7,14H2. The van der Waals surface area contributed by atoms with Gasteiger partial charge in [-0.15, -0.1) is 0 Å². The Morgan fingerprint density at radius 3 is 2.83 bits per heavy atom. The SMILES string of the molecule is NCCc1nc2cccnn2c1-c1ccccn1.